The topological polar surface area (TPSA) is 68.2 Å². The highest BCUT2D eigenvalue weighted by molar-refractivity contribution is 6.07. The summed E-state index contributed by atoms with van der Waals surface area (Å²) < 4.78 is 0. The lowest BCUT2D eigenvalue weighted by molar-refractivity contribution is -0.124. The van der Waals surface area contributed by atoms with E-state index in [4.69, 9.17) is 5.26 Å². The Balaban J connectivity index is 1.73. The fourth-order valence-electron chi connectivity index (χ4n) is 3.76. The fourth-order valence-corrected chi connectivity index (χ4v) is 3.76. The normalized spacial score (nSPS) is 18.4. The number of benzene rings is 2. The minimum absolute atomic E-state index is 0.120. The summed E-state index contributed by atoms with van der Waals surface area (Å²) in [6, 6.07) is 17.6. The third kappa shape index (κ3) is 2.75. The van der Waals surface area contributed by atoms with Crippen LogP contribution < -0.4 is 15.5 Å². The monoisotopic (exact) mass is 332 g/mol. The predicted octanol–water partition coefficient (Wildman–Crippen LogP) is 2.64. The molecule has 2 aromatic carbocycles. The molecule has 1 amide bonds. The molecule has 0 radical (unpaired) electrons. The van der Waals surface area contributed by atoms with Gasteiger partial charge in [-0.1, -0.05) is 24.3 Å². The first-order chi connectivity index (χ1) is 12.2. The number of anilines is 2. The van der Waals surface area contributed by atoms with Gasteiger partial charge in [0.25, 0.3) is 5.91 Å². The van der Waals surface area contributed by atoms with Crippen LogP contribution in [0.3, 0.4) is 0 Å². The number of rotatable bonds is 2. The van der Waals surface area contributed by atoms with Crippen LogP contribution in [0.25, 0.3) is 0 Å². The molecule has 5 nitrogen and oxygen atoms in total. The van der Waals surface area contributed by atoms with Crippen molar-refractivity contribution >= 4 is 17.3 Å². The van der Waals surface area contributed by atoms with Crippen molar-refractivity contribution in [2.45, 2.75) is 24.9 Å². The van der Waals surface area contributed by atoms with Crippen molar-refractivity contribution < 1.29 is 4.79 Å². The Hall–Kier alpha value is -2.84. The van der Waals surface area contributed by atoms with Gasteiger partial charge in [-0.25, -0.2) is 0 Å². The molecule has 2 aliphatic heterocycles. The van der Waals surface area contributed by atoms with Gasteiger partial charge in [0, 0.05) is 0 Å². The van der Waals surface area contributed by atoms with E-state index in [9.17, 15) is 4.79 Å². The average molecular weight is 332 g/mol. The SMILES string of the molecule is N#Cc1cccc(CN2C(=O)C3(CCNCC3)Nc3ccccc32)c1. The number of carbonyl (C=O) groups is 1. The van der Waals surface area contributed by atoms with Crippen LogP contribution >= 0.6 is 0 Å². The molecule has 0 atom stereocenters. The molecular weight excluding hydrogens is 312 g/mol. The number of nitriles is 1. The molecule has 1 fully saturated rings. The second kappa shape index (κ2) is 6.23. The van der Waals surface area contributed by atoms with Gasteiger partial charge in [-0.05, 0) is 55.8 Å². The van der Waals surface area contributed by atoms with Gasteiger partial charge in [0.1, 0.15) is 5.54 Å². The van der Waals surface area contributed by atoms with Gasteiger partial charge >= 0.3 is 0 Å². The molecular formula is C20H20N4O. The first-order valence-electron chi connectivity index (χ1n) is 8.61. The summed E-state index contributed by atoms with van der Waals surface area (Å²) in [5.41, 5.74) is 2.95. The maximum Gasteiger partial charge on any atom is 0.253 e. The summed E-state index contributed by atoms with van der Waals surface area (Å²) in [7, 11) is 0. The summed E-state index contributed by atoms with van der Waals surface area (Å²) in [6.07, 6.45) is 1.55. The zero-order valence-corrected chi connectivity index (χ0v) is 14.0. The molecule has 1 spiro atoms. The Morgan fingerprint density at radius 2 is 1.92 bits per heavy atom. The summed E-state index contributed by atoms with van der Waals surface area (Å²) in [5.74, 6) is 0.120. The summed E-state index contributed by atoms with van der Waals surface area (Å²) >= 11 is 0. The van der Waals surface area contributed by atoms with Crippen molar-refractivity contribution in [2.75, 3.05) is 23.3 Å². The minimum Gasteiger partial charge on any atom is -0.369 e. The number of nitrogens with one attached hydrogen (secondary N) is 2. The molecule has 0 bridgehead atoms. The zero-order chi connectivity index (χ0) is 17.3. The molecule has 0 aliphatic carbocycles. The number of nitrogens with zero attached hydrogens (tertiary/aromatic N) is 2. The van der Waals surface area contributed by atoms with E-state index in [0.717, 1.165) is 42.9 Å². The average Bonchev–Trinajstić information content (AvgIpc) is 2.66. The van der Waals surface area contributed by atoms with Crippen LogP contribution in [0.1, 0.15) is 24.0 Å². The summed E-state index contributed by atoms with van der Waals surface area (Å²) in [4.78, 5) is 15.3. The Bertz CT molecular complexity index is 849. The van der Waals surface area contributed by atoms with Gasteiger partial charge in [0.05, 0.1) is 29.6 Å². The van der Waals surface area contributed by atoms with Gasteiger partial charge in [0.2, 0.25) is 0 Å². The van der Waals surface area contributed by atoms with Crippen LogP contribution in [0.4, 0.5) is 11.4 Å². The lowest BCUT2D eigenvalue weighted by Crippen LogP contribution is -2.61. The van der Waals surface area contributed by atoms with Crippen molar-refractivity contribution in [3.05, 3.63) is 59.7 Å². The minimum atomic E-state index is -0.535. The predicted molar refractivity (Wildman–Crippen MR) is 97.2 cm³/mol. The third-order valence-corrected chi connectivity index (χ3v) is 5.08. The van der Waals surface area contributed by atoms with E-state index < -0.39 is 5.54 Å². The number of fused-ring (bicyclic) bond motifs is 1. The van der Waals surface area contributed by atoms with Gasteiger partial charge in [0.15, 0.2) is 0 Å². The van der Waals surface area contributed by atoms with Crippen molar-refractivity contribution in [2.24, 2.45) is 0 Å². The molecule has 0 saturated carbocycles. The number of carbonyl (C=O) groups excluding carboxylic acids is 1. The van der Waals surface area contributed by atoms with Gasteiger partial charge in [-0.2, -0.15) is 5.26 Å². The molecule has 126 valence electrons. The molecule has 2 aliphatic rings. The lowest BCUT2D eigenvalue weighted by atomic mass is 9.84. The Kier molecular flexibility index (Phi) is 3.90. The van der Waals surface area contributed by atoms with E-state index in [2.05, 4.69) is 16.7 Å². The first-order valence-corrected chi connectivity index (χ1v) is 8.61. The summed E-state index contributed by atoms with van der Waals surface area (Å²) in [5, 5.41) is 16.0. The molecule has 0 unspecified atom stereocenters. The smallest absolute Gasteiger partial charge is 0.253 e. The number of para-hydroxylation sites is 2. The van der Waals surface area contributed by atoms with Crippen LogP contribution in [0, 0.1) is 11.3 Å². The highest BCUT2D eigenvalue weighted by Gasteiger charge is 2.46. The number of piperidine rings is 1. The van der Waals surface area contributed by atoms with Gasteiger partial charge in [-0.3, -0.25) is 4.79 Å². The maximum absolute atomic E-state index is 13.4. The van der Waals surface area contributed by atoms with Crippen molar-refractivity contribution in [3.63, 3.8) is 0 Å². The van der Waals surface area contributed by atoms with E-state index in [1.54, 1.807) is 6.07 Å². The van der Waals surface area contributed by atoms with Crippen molar-refractivity contribution in [1.29, 1.82) is 5.26 Å². The first kappa shape index (κ1) is 15.7. The molecule has 2 N–H and O–H groups in total. The van der Waals surface area contributed by atoms with Crippen LogP contribution in [-0.4, -0.2) is 24.5 Å². The van der Waals surface area contributed by atoms with Crippen LogP contribution in [0.2, 0.25) is 0 Å². The Morgan fingerprint density at radius 1 is 1.12 bits per heavy atom. The largest absolute Gasteiger partial charge is 0.369 e. The molecule has 0 aromatic heterocycles. The van der Waals surface area contributed by atoms with E-state index in [1.807, 2.05) is 47.4 Å². The molecule has 5 heteroatoms. The van der Waals surface area contributed by atoms with E-state index in [0.29, 0.717) is 12.1 Å². The third-order valence-electron chi connectivity index (χ3n) is 5.08. The van der Waals surface area contributed by atoms with Gasteiger partial charge in [-0.15, -0.1) is 0 Å². The molecule has 2 aromatic rings. The quantitative estimate of drug-likeness (QED) is 0.887. The Morgan fingerprint density at radius 3 is 2.72 bits per heavy atom. The van der Waals surface area contributed by atoms with Gasteiger partial charge < -0.3 is 15.5 Å². The van der Waals surface area contributed by atoms with Crippen LogP contribution in [0.15, 0.2) is 48.5 Å². The lowest BCUT2D eigenvalue weighted by Gasteiger charge is -2.46. The maximum atomic E-state index is 13.4. The second-order valence-electron chi connectivity index (χ2n) is 6.68. The number of hydrogen-bond donors (Lipinski definition) is 2. The zero-order valence-electron chi connectivity index (χ0n) is 14.0. The molecule has 25 heavy (non-hydrogen) atoms. The van der Waals surface area contributed by atoms with Crippen LogP contribution in [0.5, 0.6) is 0 Å². The molecule has 2 heterocycles. The van der Waals surface area contributed by atoms with E-state index >= 15 is 0 Å². The number of hydrogen-bond acceptors (Lipinski definition) is 4. The Labute approximate surface area is 147 Å². The van der Waals surface area contributed by atoms with E-state index in [-0.39, 0.29) is 5.91 Å². The summed E-state index contributed by atoms with van der Waals surface area (Å²) in [6.45, 7) is 2.14. The van der Waals surface area contributed by atoms with Crippen LogP contribution in [-0.2, 0) is 11.3 Å². The highest BCUT2D eigenvalue weighted by Crippen LogP contribution is 2.39. The number of amides is 1. The molecule has 1 saturated heterocycles. The standard InChI is InChI=1S/C20H20N4O/c21-13-15-4-3-5-16(12-15)14-24-18-7-2-1-6-17(18)23-20(19(24)25)8-10-22-11-9-20/h1-7,12,22-23H,8-11,14H2. The second-order valence-corrected chi connectivity index (χ2v) is 6.68. The van der Waals surface area contributed by atoms with Crippen molar-refractivity contribution in [3.8, 4) is 6.07 Å². The van der Waals surface area contributed by atoms with Crippen molar-refractivity contribution in [1.82, 2.24) is 5.32 Å². The highest BCUT2D eigenvalue weighted by atomic mass is 16.2. The fraction of sp³-hybridized carbons (Fsp3) is 0.300. The van der Waals surface area contributed by atoms with E-state index in [1.165, 1.54) is 0 Å². The molecule has 4 rings (SSSR count).